The first-order valence-electron chi connectivity index (χ1n) is 13.6. The maximum atomic E-state index is 12.6. The van der Waals surface area contributed by atoms with Gasteiger partial charge in [-0.1, -0.05) is 43.1 Å². The van der Waals surface area contributed by atoms with Crippen molar-refractivity contribution in [2.75, 3.05) is 27.2 Å². The van der Waals surface area contributed by atoms with Gasteiger partial charge in [0.1, 0.15) is 24.3 Å². The van der Waals surface area contributed by atoms with Crippen molar-refractivity contribution in [1.82, 2.24) is 9.97 Å². The van der Waals surface area contributed by atoms with Crippen LogP contribution >= 0.6 is 11.6 Å². The molecule has 1 aromatic carbocycles. The Morgan fingerprint density at radius 3 is 2.76 bits per heavy atom. The van der Waals surface area contributed by atoms with E-state index in [1.807, 2.05) is 44.4 Å². The number of nitrogens with zero attached hydrogens (tertiary/aromatic N) is 3. The number of aryl methyl sites for hydroxylation is 1. The summed E-state index contributed by atoms with van der Waals surface area (Å²) in [5.41, 5.74) is 6.31. The molecule has 0 bridgehead atoms. The molecule has 0 spiro atoms. The van der Waals surface area contributed by atoms with E-state index in [1.165, 1.54) is 0 Å². The molecule has 3 aromatic rings. The standard InChI is InChI=1S/C30H39ClN4O3/c1-4-5-9-24-19-23-8-6-7-10-25(23)28(34-24)38-16-15-35(2,3)26-12-11-22(20-30(26,37)29(32)36)17-21-13-14-33-27(31)18-21/h6-8,10,13-14,18-19,22,26,37H,4-5,9,11-12,15-17,20H2,1-3H3,(H-,32,36)/p+1/t22?,26-,30-/m0/s1. The van der Waals surface area contributed by atoms with Crippen molar-refractivity contribution < 1.29 is 19.1 Å². The number of ether oxygens (including phenoxy) is 1. The number of carbonyl (C=O) groups is 1. The number of fused-ring (bicyclic) bond motifs is 1. The van der Waals surface area contributed by atoms with Gasteiger partial charge in [-0.25, -0.2) is 9.97 Å². The minimum Gasteiger partial charge on any atom is -0.471 e. The Labute approximate surface area is 230 Å². The smallest absolute Gasteiger partial charge is 0.255 e. The lowest BCUT2D eigenvalue weighted by molar-refractivity contribution is -0.922. The van der Waals surface area contributed by atoms with E-state index < -0.39 is 11.5 Å². The summed E-state index contributed by atoms with van der Waals surface area (Å²) in [5, 5.41) is 14.2. The van der Waals surface area contributed by atoms with Crippen molar-refractivity contribution in [2.45, 2.75) is 63.5 Å². The number of aliphatic hydroxyl groups is 1. The molecule has 1 saturated carbocycles. The summed E-state index contributed by atoms with van der Waals surface area (Å²) >= 11 is 6.05. The molecule has 1 aliphatic rings. The molecule has 1 amide bonds. The number of amides is 1. The van der Waals surface area contributed by atoms with Gasteiger partial charge < -0.3 is 20.1 Å². The summed E-state index contributed by atoms with van der Waals surface area (Å²) in [4.78, 5) is 21.5. The van der Waals surface area contributed by atoms with Gasteiger partial charge in [-0.05, 0) is 73.2 Å². The number of rotatable bonds is 11. The van der Waals surface area contributed by atoms with Gasteiger partial charge in [0.2, 0.25) is 5.88 Å². The molecule has 204 valence electrons. The zero-order valence-electron chi connectivity index (χ0n) is 22.7. The lowest BCUT2D eigenvalue weighted by Gasteiger charge is -2.49. The van der Waals surface area contributed by atoms with Crippen LogP contribution in [-0.2, 0) is 17.6 Å². The molecule has 4 rings (SSSR count). The number of hydrogen-bond donors (Lipinski definition) is 2. The number of quaternary nitrogens is 1. The first-order chi connectivity index (χ1) is 18.1. The van der Waals surface area contributed by atoms with Crippen LogP contribution in [0.3, 0.4) is 0 Å². The zero-order chi connectivity index (χ0) is 27.3. The molecular formula is C30H40ClN4O3+. The third kappa shape index (κ3) is 6.45. The summed E-state index contributed by atoms with van der Waals surface area (Å²) < 4.78 is 6.68. The minimum atomic E-state index is -1.60. The second kappa shape index (κ2) is 12.0. The molecule has 1 unspecified atom stereocenters. The van der Waals surface area contributed by atoms with E-state index in [2.05, 4.69) is 24.0 Å². The van der Waals surface area contributed by atoms with Crippen molar-refractivity contribution in [3.8, 4) is 5.88 Å². The number of pyridine rings is 2. The molecule has 8 heteroatoms. The second-order valence-electron chi connectivity index (χ2n) is 11.2. The maximum Gasteiger partial charge on any atom is 0.255 e. The molecule has 3 N–H and O–H groups in total. The predicted molar refractivity (Wildman–Crippen MR) is 151 cm³/mol. The van der Waals surface area contributed by atoms with E-state index >= 15 is 0 Å². The number of nitrogens with two attached hydrogens (primary N) is 1. The number of likely N-dealkylation sites (N-methyl/N-ethyl adjacent to an activating group) is 1. The monoisotopic (exact) mass is 539 g/mol. The Bertz CT molecular complexity index is 1270. The van der Waals surface area contributed by atoms with Crippen LogP contribution in [0.1, 0.15) is 50.3 Å². The molecule has 0 saturated heterocycles. The molecule has 1 aliphatic carbocycles. The van der Waals surface area contributed by atoms with Gasteiger partial charge in [0.25, 0.3) is 5.91 Å². The number of halogens is 1. The highest BCUT2D eigenvalue weighted by atomic mass is 35.5. The number of benzene rings is 1. The number of aromatic nitrogens is 2. The first kappa shape index (κ1) is 28.3. The van der Waals surface area contributed by atoms with Gasteiger partial charge in [-0.15, -0.1) is 0 Å². The van der Waals surface area contributed by atoms with Crippen LogP contribution in [0.4, 0.5) is 0 Å². The fourth-order valence-corrected chi connectivity index (χ4v) is 6.13. The van der Waals surface area contributed by atoms with Crippen molar-refractivity contribution in [3.05, 3.63) is 65.1 Å². The molecule has 1 fully saturated rings. The van der Waals surface area contributed by atoms with Crippen molar-refractivity contribution in [3.63, 3.8) is 0 Å². The number of hydrogen-bond acceptors (Lipinski definition) is 5. The third-order valence-corrected chi connectivity index (χ3v) is 8.24. The van der Waals surface area contributed by atoms with Crippen LogP contribution in [0.2, 0.25) is 5.15 Å². The van der Waals surface area contributed by atoms with Crippen molar-refractivity contribution in [1.29, 1.82) is 0 Å². The first-order valence-corrected chi connectivity index (χ1v) is 14.0. The van der Waals surface area contributed by atoms with Gasteiger partial charge in [0.15, 0.2) is 5.60 Å². The van der Waals surface area contributed by atoms with E-state index in [1.54, 1.807) is 6.20 Å². The third-order valence-electron chi connectivity index (χ3n) is 8.04. The Kier molecular flexibility index (Phi) is 8.91. The molecule has 0 aliphatic heterocycles. The summed E-state index contributed by atoms with van der Waals surface area (Å²) in [6.07, 6.45) is 7.39. The molecule has 38 heavy (non-hydrogen) atoms. The average Bonchev–Trinajstić information content (AvgIpc) is 2.87. The fraction of sp³-hybridized carbons (Fsp3) is 0.500. The van der Waals surface area contributed by atoms with Gasteiger partial charge in [0.05, 0.1) is 14.1 Å². The molecule has 7 nitrogen and oxygen atoms in total. The van der Waals surface area contributed by atoms with Crippen LogP contribution in [0.25, 0.3) is 10.8 Å². The van der Waals surface area contributed by atoms with Crippen LogP contribution in [0.15, 0.2) is 48.7 Å². The minimum absolute atomic E-state index is 0.125. The Hall–Kier alpha value is -2.74. The molecule has 2 aromatic heterocycles. The Balaban J connectivity index is 1.46. The van der Waals surface area contributed by atoms with Gasteiger partial charge in [-0.3, -0.25) is 4.79 Å². The average molecular weight is 540 g/mol. The van der Waals surface area contributed by atoms with Crippen molar-refractivity contribution >= 4 is 28.3 Å². The lowest BCUT2D eigenvalue weighted by atomic mass is 9.71. The van der Waals surface area contributed by atoms with E-state index in [-0.39, 0.29) is 12.0 Å². The molecule has 0 radical (unpaired) electrons. The Morgan fingerprint density at radius 1 is 1.24 bits per heavy atom. The number of carbonyl (C=O) groups excluding carboxylic acids is 1. The summed E-state index contributed by atoms with van der Waals surface area (Å²) in [7, 11) is 4.07. The van der Waals surface area contributed by atoms with E-state index in [4.69, 9.17) is 27.1 Å². The quantitative estimate of drug-likeness (QED) is 0.272. The van der Waals surface area contributed by atoms with Crippen LogP contribution < -0.4 is 10.5 Å². The topological polar surface area (TPSA) is 98.3 Å². The lowest BCUT2D eigenvalue weighted by Crippen LogP contribution is -2.68. The fourth-order valence-electron chi connectivity index (χ4n) is 5.93. The van der Waals surface area contributed by atoms with E-state index in [0.29, 0.717) is 47.9 Å². The summed E-state index contributed by atoms with van der Waals surface area (Å²) in [6, 6.07) is 13.7. The largest absolute Gasteiger partial charge is 0.471 e. The Morgan fingerprint density at radius 2 is 2.03 bits per heavy atom. The predicted octanol–water partition coefficient (Wildman–Crippen LogP) is 4.71. The van der Waals surface area contributed by atoms with E-state index in [0.717, 1.165) is 47.7 Å². The number of primary amides is 1. The van der Waals surface area contributed by atoms with Gasteiger partial charge in [-0.2, -0.15) is 0 Å². The van der Waals surface area contributed by atoms with Gasteiger partial charge >= 0.3 is 0 Å². The molecule has 2 heterocycles. The van der Waals surface area contributed by atoms with Crippen LogP contribution in [0.5, 0.6) is 5.88 Å². The molecule has 3 atom stereocenters. The zero-order valence-corrected chi connectivity index (χ0v) is 23.5. The highest BCUT2D eigenvalue weighted by Crippen LogP contribution is 2.39. The van der Waals surface area contributed by atoms with E-state index in [9.17, 15) is 9.90 Å². The maximum absolute atomic E-state index is 12.6. The van der Waals surface area contributed by atoms with Crippen LogP contribution in [0, 0.1) is 5.92 Å². The normalized spacial score (nSPS) is 21.9. The van der Waals surface area contributed by atoms with Crippen LogP contribution in [-0.4, -0.2) is 64.4 Å². The highest BCUT2D eigenvalue weighted by Gasteiger charge is 2.54. The van der Waals surface area contributed by atoms with Gasteiger partial charge in [0, 0.05) is 23.7 Å². The molecular weight excluding hydrogens is 500 g/mol. The summed E-state index contributed by atoms with van der Waals surface area (Å²) in [5.74, 6) is 0.0994. The highest BCUT2D eigenvalue weighted by molar-refractivity contribution is 6.29. The van der Waals surface area contributed by atoms with Crippen molar-refractivity contribution in [2.24, 2.45) is 11.7 Å². The second-order valence-corrected chi connectivity index (χ2v) is 11.6. The number of unbranched alkanes of at least 4 members (excludes halogenated alkanes) is 1. The SMILES string of the molecule is CCCCc1cc2ccccc2c(OCC[N+](C)(C)[C@H]2CCC(Cc3ccnc(Cl)c3)C[C@@]2(O)C(N)=O)n1. The summed E-state index contributed by atoms with van der Waals surface area (Å²) in [6.45, 7) is 3.18.